The van der Waals surface area contributed by atoms with Gasteiger partial charge in [-0.25, -0.2) is 0 Å². The van der Waals surface area contributed by atoms with E-state index in [0.29, 0.717) is 16.6 Å². The minimum Gasteiger partial charge on any atom is -0.167 e. The Morgan fingerprint density at radius 1 is 0.706 bits per heavy atom. The predicted molar refractivity (Wildman–Crippen MR) is 88.2 cm³/mol. The van der Waals surface area contributed by atoms with Crippen LogP contribution in [0.3, 0.4) is 0 Å². The molecule has 5 heteroatoms. The molecule has 0 N–H and O–H groups in total. The van der Waals surface area contributed by atoms with Crippen molar-refractivity contribution >= 4 is 46.3 Å². The highest BCUT2D eigenvalue weighted by molar-refractivity contribution is 7.84. The van der Waals surface area contributed by atoms with E-state index in [9.17, 15) is 0 Å². The van der Waals surface area contributed by atoms with E-state index in [-0.39, 0.29) is 0 Å². The fourth-order valence-electron chi connectivity index (χ4n) is 2.37. The Hall–Kier alpha value is 1.30. The van der Waals surface area contributed by atoms with Crippen LogP contribution in [0.15, 0.2) is 0 Å². The molecule has 0 radical (unpaired) electrons. The lowest BCUT2D eigenvalue weighted by molar-refractivity contribution is 0.780. The average Bonchev–Trinajstić information content (AvgIpc) is 2.33. The molecule has 0 aliphatic rings. The maximum absolute atomic E-state index is 7.14. The number of rotatable bonds is 7. The zero-order valence-corrected chi connectivity index (χ0v) is 16.3. The molecule has 0 aromatic heterocycles. The molecule has 0 aliphatic carbocycles. The van der Waals surface area contributed by atoms with Crippen molar-refractivity contribution in [2.45, 2.75) is 77.4 Å². The van der Waals surface area contributed by atoms with Crippen molar-refractivity contribution < 1.29 is 0 Å². The van der Waals surface area contributed by atoms with Crippen molar-refractivity contribution in [3.8, 4) is 0 Å². The third-order valence-corrected chi connectivity index (χ3v) is 32.8. The Morgan fingerprint density at radius 2 is 1.00 bits per heavy atom. The van der Waals surface area contributed by atoms with Crippen LogP contribution in [-0.2, 0) is 0 Å². The molecule has 0 saturated heterocycles. The SMILES string of the molecule is CCC(C)[Si](Cl)(Cl)[Si](Cl)(C(C)CC)C(C)CC. The summed E-state index contributed by atoms with van der Waals surface area (Å²) in [5.41, 5.74) is 1.38. The van der Waals surface area contributed by atoms with Gasteiger partial charge >= 0.3 is 0 Å². The summed E-state index contributed by atoms with van der Waals surface area (Å²) >= 11 is 20.9. The van der Waals surface area contributed by atoms with Crippen LogP contribution in [0, 0.1) is 0 Å². The van der Waals surface area contributed by atoms with Gasteiger partial charge in [-0.2, -0.15) is 11.1 Å². The number of hydrogen-bond acceptors (Lipinski definition) is 0. The molecular formula is C12H27Cl3Si2. The number of halogens is 3. The van der Waals surface area contributed by atoms with E-state index in [1.807, 2.05) is 0 Å². The fraction of sp³-hybridized carbons (Fsp3) is 1.00. The quantitative estimate of drug-likeness (QED) is 0.365. The van der Waals surface area contributed by atoms with Gasteiger partial charge in [-0.1, -0.05) is 60.8 Å². The van der Waals surface area contributed by atoms with Crippen LogP contribution < -0.4 is 0 Å². The van der Waals surface area contributed by atoms with Gasteiger partial charge in [0.2, 0.25) is 0 Å². The molecular weight excluding hydrogens is 307 g/mol. The van der Waals surface area contributed by atoms with Crippen LogP contribution in [0.1, 0.15) is 60.8 Å². The first-order valence-corrected chi connectivity index (χ1v) is 15.0. The Balaban J connectivity index is 5.45. The van der Waals surface area contributed by atoms with Crippen molar-refractivity contribution in [1.82, 2.24) is 0 Å². The minimum atomic E-state index is -2.38. The zero-order chi connectivity index (χ0) is 13.9. The maximum Gasteiger partial charge on any atom is 0.259 e. The molecule has 0 spiro atoms. The number of hydrogen-bond donors (Lipinski definition) is 0. The summed E-state index contributed by atoms with van der Waals surface area (Å²) in [6.07, 6.45) is 0.832. The van der Waals surface area contributed by atoms with Crippen LogP contribution in [0.5, 0.6) is 0 Å². The van der Waals surface area contributed by atoms with Crippen LogP contribution in [0.25, 0.3) is 0 Å². The van der Waals surface area contributed by atoms with Gasteiger partial charge in [0.25, 0.3) is 6.21 Å². The highest BCUT2D eigenvalue weighted by atomic mass is 35.7. The Kier molecular flexibility index (Phi) is 7.73. The standard InChI is InChI=1S/C12H27Cl3Si2/c1-7-10(4)16(13,11(5)8-2)17(14,15)12(6)9-3/h10-12H,7-9H2,1-6H3. The first kappa shape index (κ1) is 18.3. The fourth-order valence-corrected chi connectivity index (χ4v) is 25.4. The summed E-state index contributed by atoms with van der Waals surface area (Å²) < 4.78 is 0. The Labute approximate surface area is 123 Å². The lowest BCUT2D eigenvalue weighted by Gasteiger charge is -2.45. The van der Waals surface area contributed by atoms with E-state index in [2.05, 4.69) is 41.5 Å². The topological polar surface area (TPSA) is 0 Å². The Morgan fingerprint density at radius 3 is 1.24 bits per heavy atom. The third kappa shape index (κ3) is 3.44. The zero-order valence-electron chi connectivity index (χ0n) is 12.0. The highest BCUT2D eigenvalue weighted by Crippen LogP contribution is 2.54. The maximum atomic E-state index is 7.14. The predicted octanol–water partition coefficient (Wildman–Crippen LogP) is 6.57. The molecule has 104 valence electrons. The molecule has 0 bridgehead atoms. The second-order valence-electron chi connectivity index (χ2n) is 5.32. The van der Waals surface area contributed by atoms with Gasteiger partial charge in [0, 0.05) is 0 Å². The van der Waals surface area contributed by atoms with E-state index in [4.69, 9.17) is 33.2 Å². The first-order valence-electron chi connectivity index (χ1n) is 6.76. The van der Waals surface area contributed by atoms with Crippen molar-refractivity contribution in [1.29, 1.82) is 0 Å². The normalized spacial score (nSPS) is 21.7. The summed E-state index contributed by atoms with van der Waals surface area (Å²) in [5, 5.41) is 0. The van der Waals surface area contributed by atoms with Gasteiger partial charge in [0.15, 0.2) is 6.90 Å². The van der Waals surface area contributed by atoms with Gasteiger partial charge in [-0.15, -0.1) is 22.2 Å². The van der Waals surface area contributed by atoms with E-state index in [1.165, 1.54) is 0 Å². The molecule has 0 aromatic carbocycles. The molecule has 0 heterocycles. The molecule has 0 aliphatic heterocycles. The van der Waals surface area contributed by atoms with E-state index < -0.39 is 13.1 Å². The molecule has 0 aromatic rings. The van der Waals surface area contributed by atoms with E-state index in [1.54, 1.807) is 0 Å². The molecule has 0 amide bonds. The summed E-state index contributed by atoms with van der Waals surface area (Å²) in [6, 6.07) is 0. The lowest BCUT2D eigenvalue weighted by atomic mass is 10.4. The van der Waals surface area contributed by atoms with Gasteiger partial charge in [-0.05, 0) is 16.6 Å². The molecule has 0 saturated carbocycles. The van der Waals surface area contributed by atoms with E-state index in [0.717, 1.165) is 19.3 Å². The van der Waals surface area contributed by atoms with Crippen molar-refractivity contribution in [2.75, 3.05) is 0 Å². The summed E-state index contributed by atoms with van der Waals surface area (Å²) in [5.74, 6) is 0. The summed E-state index contributed by atoms with van der Waals surface area (Å²) in [7, 11) is 0. The van der Waals surface area contributed by atoms with Crippen molar-refractivity contribution in [2.24, 2.45) is 0 Å². The Bertz CT molecular complexity index is 224. The van der Waals surface area contributed by atoms with Crippen molar-refractivity contribution in [3.63, 3.8) is 0 Å². The summed E-state index contributed by atoms with van der Waals surface area (Å²) in [6.45, 7) is 11.1. The monoisotopic (exact) mass is 332 g/mol. The average molecular weight is 334 g/mol. The van der Waals surface area contributed by atoms with Crippen LogP contribution >= 0.6 is 33.2 Å². The summed E-state index contributed by atoms with van der Waals surface area (Å²) in [4.78, 5) is 0. The molecule has 3 unspecified atom stereocenters. The van der Waals surface area contributed by atoms with Gasteiger partial charge in [0.1, 0.15) is 0 Å². The molecule has 0 nitrogen and oxygen atoms in total. The second kappa shape index (κ2) is 7.18. The van der Waals surface area contributed by atoms with Crippen LogP contribution in [0.4, 0.5) is 0 Å². The smallest absolute Gasteiger partial charge is 0.167 e. The van der Waals surface area contributed by atoms with Gasteiger partial charge in [-0.3, -0.25) is 0 Å². The molecule has 0 fully saturated rings. The lowest BCUT2D eigenvalue weighted by Crippen LogP contribution is -2.59. The van der Waals surface area contributed by atoms with Crippen LogP contribution in [0.2, 0.25) is 16.6 Å². The van der Waals surface area contributed by atoms with Gasteiger partial charge in [0.05, 0.1) is 0 Å². The second-order valence-corrected chi connectivity index (χ2v) is 24.8. The minimum absolute atomic E-state index is 0.387. The van der Waals surface area contributed by atoms with Crippen LogP contribution in [-0.4, -0.2) is 13.1 Å². The first-order chi connectivity index (χ1) is 7.69. The van der Waals surface area contributed by atoms with E-state index >= 15 is 0 Å². The molecule has 0 rings (SSSR count). The molecule has 17 heavy (non-hydrogen) atoms. The van der Waals surface area contributed by atoms with Gasteiger partial charge < -0.3 is 0 Å². The largest absolute Gasteiger partial charge is 0.259 e. The highest BCUT2D eigenvalue weighted by Gasteiger charge is 2.61. The molecule has 3 atom stereocenters. The van der Waals surface area contributed by atoms with Crippen molar-refractivity contribution in [3.05, 3.63) is 0 Å². The third-order valence-electron chi connectivity index (χ3n) is 4.40.